The lowest BCUT2D eigenvalue weighted by atomic mass is 9.64. The van der Waals surface area contributed by atoms with E-state index in [0.717, 1.165) is 25.3 Å². The molecular formula is C14H22N2O. The zero-order valence-electron chi connectivity index (χ0n) is 10.9. The summed E-state index contributed by atoms with van der Waals surface area (Å²) in [4.78, 5) is 4.32. The monoisotopic (exact) mass is 234 g/mol. The van der Waals surface area contributed by atoms with Gasteiger partial charge in [-0.3, -0.25) is 4.98 Å². The van der Waals surface area contributed by atoms with E-state index in [9.17, 15) is 0 Å². The minimum absolute atomic E-state index is 0.227. The van der Waals surface area contributed by atoms with Crippen LogP contribution in [0.15, 0.2) is 24.4 Å². The predicted octanol–water partition coefficient (Wildman–Crippen LogP) is 2.37. The zero-order chi connectivity index (χ0) is 12.3. The molecule has 1 aromatic heterocycles. The molecule has 1 heterocycles. The van der Waals surface area contributed by atoms with Crippen molar-refractivity contribution >= 4 is 0 Å². The number of aromatic nitrogens is 1. The second-order valence-corrected chi connectivity index (χ2v) is 5.26. The van der Waals surface area contributed by atoms with Gasteiger partial charge in [0.1, 0.15) is 0 Å². The van der Waals surface area contributed by atoms with Crippen molar-refractivity contribution in [1.29, 1.82) is 0 Å². The van der Waals surface area contributed by atoms with Gasteiger partial charge in [-0.15, -0.1) is 0 Å². The Morgan fingerprint density at radius 2 is 2.29 bits per heavy atom. The van der Waals surface area contributed by atoms with E-state index in [1.54, 1.807) is 0 Å². The Morgan fingerprint density at radius 3 is 2.88 bits per heavy atom. The van der Waals surface area contributed by atoms with Gasteiger partial charge < -0.3 is 10.1 Å². The van der Waals surface area contributed by atoms with E-state index < -0.39 is 0 Å². The van der Waals surface area contributed by atoms with Gasteiger partial charge in [-0.25, -0.2) is 0 Å². The summed E-state index contributed by atoms with van der Waals surface area (Å²) >= 11 is 0. The molecule has 1 aliphatic rings. The molecule has 94 valence electrons. The molecule has 3 heteroatoms. The van der Waals surface area contributed by atoms with E-state index in [4.69, 9.17) is 4.74 Å². The number of rotatable bonds is 5. The van der Waals surface area contributed by atoms with Crippen LogP contribution in [0, 0.1) is 5.41 Å². The smallest absolute Gasteiger partial charge is 0.0655 e. The van der Waals surface area contributed by atoms with Crippen molar-refractivity contribution < 1.29 is 4.74 Å². The van der Waals surface area contributed by atoms with Gasteiger partial charge in [-0.05, 0) is 25.5 Å². The van der Waals surface area contributed by atoms with Crippen molar-refractivity contribution in [3.63, 3.8) is 0 Å². The third kappa shape index (κ3) is 2.67. The summed E-state index contributed by atoms with van der Waals surface area (Å²) in [6.45, 7) is 8.25. The largest absolute Gasteiger partial charge is 0.378 e. The van der Waals surface area contributed by atoms with Crippen LogP contribution in [0.5, 0.6) is 0 Å². The number of ether oxygens (including phenoxy) is 1. The second kappa shape index (κ2) is 5.15. The van der Waals surface area contributed by atoms with E-state index in [0.29, 0.717) is 12.1 Å². The molecule has 0 aliphatic heterocycles. The molecule has 0 bridgehead atoms. The molecule has 2 rings (SSSR count). The fraction of sp³-hybridized carbons (Fsp3) is 0.643. The summed E-state index contributed by atoms with van der Waals surface area (Å²) < 4.78 is 5.72. The topological polar surface area (TPSA) is 34.1 Å². The van der Waals surface area contributed by atoms with Gasteiger partial charge in [-0.1, -0.05) is 19.9 Å². The molecule has 1 saturated carbocycles. The third-order valence-electron chi connectivity index (χ3n) is 3.80. The molecule has 0 aromatic carbocycles. The Kier molecular flexibility index (Phi) is 3.79. The predicted molar refractivity (Wildman–Crippen MR) is 68.7 cm³/mol. The number of pyridine rings is 1. The highest BCUT2D eigenvalue weighted by molar-refractivity contribution is 5.06. The van der Waals surface area contributed by atoms with Crippen LogP contribution >= 0.6 is 0 Å². The Labute approximate surface area is 104 Å². The third-order valence-corrected chi connectivity index (χ3v) is 3.80. The highest BCUT2D eigenvalue weighted by atomic mass is 16.5. The molecule has 1 aromatic rings. The molecule has 0 saturated heterocycles. The van der Waals surface area contributed by atoms with Crippen LogP contribution in [-0.2, 0) is 11.3 Å². The van der Waals surface area contributed by atoms with Gasteiger partial charge in [0, 0.05) is 30.8 Å². The second-order valence-electron chi connectivity index (χ2n) is 5.26. The van der Waals surface area contributed by atoms with Gasteiger partial charge in [0.15, 0.2) is 0 Å². The molecule has 0 spiro atoms. The van der Waals surface area contributed by atoms with Gasteiger partial charge in [0.2, 0.25) is 0 Å². The molecule has 0 amide bonds. The summed E-state index contributed by atoms with van der Waals surface area (Å²) in [5, 5.41) is 3.57. The summed E-state index contributed by atoms with van der Waals surface area (Å²) in [6.07, 6.45) is 3.34. The molecule has 17 heavy (non-hydrogen) atoms. The fourth-order valence-electron chi connectivity index (χ4n) is 2.45. The minimum Gasteiger partial charge on any atom is -0.378 e. The van der Waals surface area contributed by atoms with Crippen molar-refractivity contribution in [2.45, 2.75) is 45.9 Å². The van der Waals surface area contributed by atoms with Crippen LogP contribution < -0.4 is 5.32 Å². The maximum Gasteiger partial charge on any atom is 0.0655 e. The molecule has 1 fully saturated rings. The lowest BCUT2D eigenvalue weighted by Gasteiger charge is -2.51. The van der Waals surface area contributed by atoms with Crippen LogP contribution in [0.2, 0.25) is 0 Å². The molecule has 2 unspecified atom stereocenters. The molecule has 1 N–H and O–H groups in total. The normalized spacial score (nSPS) is 26.5. The first-order valence-electron chi connectivity index (χ1n) is 6.39. The summed E-state index contributed by atoms with van der Waals surface area (Å²) in [7, 11) is 0. The Morgan fingerprint density at radius 1 is 1.47 bits per heavy atom. The Hall–Kier alpha value is -0.930. The maximum atomic E-state index is 5.72. The van der Waals surface area contributed by atoms with Crippen molar-refractivity contribution in [3.8, 4) is 0 Å². The van der Waals surface area contributed by atoms with Crippen molar-refractivity contribution in [3.05, 3.63) is 30.1 Å². The number of nitrogens with one attached hydrogen (secondary N) is 1. The molecule has 1 aliphatic carbocycles. The van der Waals surface area contributed by atoms with E-state index in [-0.39, 0.29) is 5.41 Å². The van der Waals surface area contributed by atoms with Crippen LogP contribution in [-0.4, -0.2) is 23.7 Å². The first-order chi connectivity index (χ1) is 8.14. The minimum atomic E-state index is 0.227. The van der Waals surface area contributed by atoms with Gasteiger partial charge in [0.05, 0.1) is 11.8 Å². The van der Waals surface area contributed by atoms with Gasteiger partial charge in [0.25, 0.3) is 0 Å². The number of nitrogens with zero attached hydrogens (tertiary/aromatic N) is 1. The van der Waals surface area contributed by atoms with Crippen molar-refractivity contribution in [2.75, 3.05) is 6.61 Å². The van der Waals surface area contributed by atoms with Gasteiger partial charge >= 0.3 is 0 Å². The molecule has 3 nitrogen and oxygen atoms in total. The van der Waals surface area contributed by atoms with Crippen LogP contribution in [0.4, 0.5) is 0 Å². The van der Waals surface area contributed by atoms with Crippen LogP contribution in [0.3, 0.4) is 0 Å². The zero-order valence-corrected chi connectivity index (χ0v) is 10.9. The SMILES string of the molecule is CCOC1CC(NCc2ccccn2)C1(C)C. The van der Waals surface area contributed by atoms with Crippen LogP contribution in [0.1, 0.15) is 32.9 Å². The van der Waals surface area contributed by atoms with Crippen molar-refractivity contribution in [1.82, 2.24) is 10.3 Å². The number of hydrogen-bond acceptors (Lipinski definition) is 3. The average molecular weight is 234 g/mol. The summed E-state index contributed by atoms with van der Waals surface area (Å²) in [5.74, 6) is 0. The van der Waals surface area contributed by atoms with E-state index in [2.05, 4.69) is 37.1 Å². The average Bonchev–Trinajstić information content (AvgIpc) is 2.34. The Bertz CT molecular complexity index is 350. The van der Waals surface area contributed by atoms with Gasteiger partial charge in [-0.2, -0.15) is 0 Å². The summed E-state index contributed by atoms with van der Waals surface area (Å²) in [6, 6.07) is 6.56. The molecule has 2 atom stereocenters. The quantitative estimate of drug-likeness (QED) is 0.849. The standard InChI is InChI=1S/C14H22N2O/c1-4-17-13-9-12(14(13,2)3)16-10-11-7-5-6-8-15-11/h5-8,12-13,16H,4,9-10H2,1-3H3. The summed E-state index contributed by atoms with van der Waals surface area (Å²) in [5.41, 5.74) is 1.33. The highest BCUT2D eigenvalue weighted by Gasteiger charge is 2.48. The molecular weight excluding hydrogens is 212 g/mol. The van der Waals surface area contributed by atoms with Crippen LogP contribution in [0.25, 0.3) is 0 Å². The lowest BCUT2D eigenvalue weighted by Crippen LogP contribution is -2.60. The molecule has 0 radical (unpaired) electrons. The maximum absolute atomic E-state index is 5.72. The Balaban J connectivity index is 1.82. The van der Waals surface area contributed by atoms with Crippen molar-refractivity contribution in [2.24, 2.45) is 5.41 Å². The highest BCUT2D eigenvalue weighted by Crippen LogP contribution is 2.42. The van der Waals surface area contributed by atoms with E-state index in [1.165, 1.54) is 0 Å². The first kappa shape index (κ1) is 12.5. The lowest BCUT2D eigenvalue weighted by molar-refractivity contribution is -0.114. The first-order valence-corrected chi connectivity index (χ1v) is 6.39. The fourth-order valence-corrected chi connectivity index (χ4v) is 2.45. The number of hydrogen-bond donors (Lipinski definition) is 1. The van der Waals surface area contributed by atoms with E-state index in [1.807, 2.05) is 18.3 Å². The van der Waals surface area contributed by atoms with E-state index >= 15 is 0 Å².